The second-order valence-electron chi connectivity index (χ2n) is 6.51. The zero-order valence-corrected chi connectivity index (χ0v) is 14.5. The fourth-order valence-corrected chi connectivity index (χ4v) is 3.07. The van der Waals surface area contributed by atoms with Crippen LogP contribution >= 0.6 is 0 Å². The van der Waals surface area contributed by atoms with Gasteiger partial charge in [-0.1, -0.05) is 23.4 Å². The Bertz CT molecular complexity index is 883. The SMILES string of the molecule is Cc1cc(-c2noc(CNC3CCc4ccccc4OC3)n2)ccc1F. The predicted octanol–water partition coefficient (Wildman–Crippen LogP) is 3.67. The molecule has 0 saturated carbocycles. The molecule has 0 fully saturated rings. The monoisotopic (exact) mass is 353 g/mol. The van der Waals surface area contributed by atoms with Gasteiger partial charge in [0.1, 0.15) is 18.2 Å². The van der Waals surface area contributed by atoms with Crippen LogP contribution in [-0.2, 0) is 13.0 Å². The molecule has 1 atom stereocenters. The van der Waals surface area contributed by atoms with Crippen LogP contribution < -0.4 is 10.1 Å². The third-order valence-electron chi connectivity index (χ3n) is 4.60. The Labute approximate surface area is 151 Å². The number of hydrogen-bond acceptors (Lipinski definition) is 5. The molecule has 0 aliphatic carbocycles. The Kier molecular flexibility index (Phi) is 4.67. The number of nitrogens with one attached hydrogen (secondary N) is 1. The van der Waals surface area contributed by atoms with Crippen LogP contribution in [0, 0.1) is 12.7 Å². The van der Waals surface area contributed by atoms with E-state index in [1.54, 1.807) is 19.1 Å². The maximum atomic E-state index is 13.4. The van der Waals surface area contributed by atoms with Crippen molar-refractivity contribution in [3.8, 4) is 17.1 Å². The molecule has 1 aromatic heterocycles. The molecule has 0 bridgehead atoms. The van der Waals surface area contributed by atoms with Crippen molar-refractivity contribution in [2.75, 3.05) is 6.61 Å². The lowest BCUT2D eigenvalue weighted by atomic mass is 10.1. The van der Waals surface area contributed by atoms with E-state index in [0.29, 0.717) is 30.4 Å². The van der Waals surface area contributed by atoms with Gasteiger partial charge in [-0.15, -0.1) is 0 Å². The van der Waals surface area contributed by atoms with Crippen LogP contribution in [0.25, 0.3) is 11.4 Å². The second kappa shape index (κ2) is 7.25. The molecule has 1 N–H and O–H groups in total. The van der Waals surface area contributed by atoms with Crippen molar-refractivity contribution in [1.82, 2.24) is 15.5 Å². The zero-order chi connectivity index (χ0) is 17.9. The van der Waals surface area contributed by atoms with Gasteiger partial charge in [0.05, 0.1) is 6.54 Å². The fraction of sp³-hybridized carbons (Fsp3) is 0.300. The molecule has 0 saturated heterocycles. The maximum Gasteiger partial charge on any atom is 0.240 e. The van der Waals surface area contributed by atoms with E-state index in [0.717, 1.165) is 24.2 Å². The number of halogens is 1. The Morgan fingerprint density at radius 2 is 2.12 bits per heavy atom. The Hall–Kier alpha value is -2.73. The van der Waals surface area contributed by atoms with Gasteiger partial charge in [0.2, 0.25) is 11.7 Å². The summed E-state index contributed by atoms with van der Waals surface area (Å²) in [6, 6.07) is 13.1. The molecule has 134 valence electrons. The summed E-state index contributed by atoms with van der Waals surface area (Å²) >= 11 is 0. The van der Waals surface area contributed by atoms with Gasteiger partial charge in [0.25, 0.3) is 0 Å². The lowest BCUT2D eigenvalue weighted by Gasteiger charge is -2.14. The van der Waals surface area contributed by atoms with Crippen molar-refractivity contribution in [3.63, 3.8) is 0 Å². The lowest BCUT2D eigenvalue weighted by molar-refractivity contribution is 0.259. The van der Waals surface area contributed by atoms with Gasteiger partial charge in [0.15, 0.2) is 0 Å². The molecule has 26 heavy (non-hydrogen) atoms. The van der Waals surface area contributed by atoms with E-state index in [1.165, 1.54) is 11.6 Å². The van der Waals surface area contributed by atoms with Gasteiger partial charge in [-0.3, -0.25) is 0 Å². The molecule has 1 aliphatic heterocycles. The van der Waals surface area contributed by atoms with Crippen LogP contribution in [0.1, 0.15) is 23.4 Å². The van der Waals surface area contributed by atoms with Crippen LogP contribution in [0.5, 0.6) is 5.75 Å². The van der Waals surface area contributed by atoms with Crippen molar-refractivity contribution >= 4 is 0 Å². The number of hydrogen-bond donors (Lipinski definition) is 1. The molecule has 1 aliphatic rings. The largest absolute Gasteiger partial charge is 0.492 e. The summed E-state index contributed by atoms with van der Waals surface area (Å²) in [5, 5.41) is 7.41. The minimum Gasteiger partial charge on any atom is -0.492 e. The van der Waals surface area contributed by atoms with E-state index in [9.17, 15) is 4.39 Å². The summed E-state index contributed by atoms with van der Waals surface area (Å²) in [7, 11) is 0. The summed E-state index contributed by atoms with van der Waals surface area (Å²) in [4.78, 5) is 4.40. The summed E-state index contributed by atoms with van der Waals surface area (Å²) in [6.45, 7) is 2.79. The van der Waals surface area contributed by atoms with Crippen molar-refractivity contribution in [2.45, 2.75) is 32.4 Å². The van der Waals surface area contributed by atoms with Crippen LogP contribution in [-0.4, -0.2) is 22.8 Å². The molecule has 1 unspecified atom stereocenters. The average Bonchev–Trinajstić information content (AvgIpc) is 3.03. The van der Waals surface area contributed by atoms with Gasteiger partial charge in [-0.2, -0.15) is 4.98 Å². The Morgan fingerprint density at radius 3 is 3.00 bits per heavy atom. The van der Waals surface area contributed by atoms with Crippen molar-refractivity contribution in [3.05, 3.63) is 65.3 Å². The first-order valence-electron chi connectivity index (χ1n) is 8.72. The number of ether oxygens (including phenoxy) is 1. The summed E-state index contributed by atoms with van der Waals surface area (Å²) in [6.07, 6.45) is 1.95. The van der Waals surface area contributed by atoms with Gasteiger partial charge in [-0.05, 0) is 55.2 Å². The molecule has 4 rings (SSSR count). The third kappa shape index (κ3) is 3.60. The highest BCUT2D eigenvalue weighted by atomic mass is 19.1. The van der Waals surface area contributed by atoms with Crippen LogP contribution in [0.2, 0.25) is 0 Å². The highest BCUT2D eigenvalue weighted by Gasteiger charge is 2.18. The normalized spacial score (nSPS) is 16.6. The smallest absolute Gasteiger partial charge is 0.240 e. The molecule has 0 radical (unpaired) electrons. The topological polar surface area (TPSA) is 60.2 Å². The average molecular weight is 353 g/mol. The minimum absolute atomic E-state index is 0.214. The van der Waals surface area contributed by atoms with E-state index in [-0.39, 0.29) is 11.9 Å². The summed E-state index contributed by atoms with van der Waals surface area (Å²) < 4.78 is 24.6. The molecule has 3 aromatic rings. The van der Waals surface area contributed by atoms with Gasteiger partial charge < -0.3 is 14.6 Å². The van der Waals surface area contributed by atoms with Crippen LogP contribution in [0.3, 0.4) is 0 Å². The number of para-hydroxylation sites is 1. The standard InChI is InChI=1S/C20H20FN3O2/c1-13-10-15(7-9-17(13)21)20-23-19(26-24-20)11-22-16-8-6-14-4-2-3-5-18(14)25-12-16/h2-5,7,9-10,16,22H,6,8,11-12H2,1H3. The second-order valence-corrected chi connectivity index (χ2v) is 6.51. The van der Waals surface area contributed by atoms with Crippen molar-refractivity contribution < 1.29 is 13.7 Å². The molecule has 6 heteroatoms. The number of benzene rings is 2. The number of fused-ring (bicyclic) bond motifs is 1. The number of rotatable bonds is 4. The number of aromatic nitrogens is 2. The van der Waals surface area contributed by atoms with Crippen LogP contribution in [0.4, 0.5) is 4.39 Å². The third-order valence-corrected chi connectivity index (χ3v) is 4.60. The van der Waals surface area contributed by atoms with E-state index < -0.39 is 0 Å². The molecule has 0 spiro atoms. The molecular weight excluding hydrogens is 333 g/mol. The van der Waals surface area contributed by atoms with E-state index in [4.69, 9.17) is 9.26 Å². The van der Waals surface area contributed by atoms with E-state index in [2.05, 4.69) is 21.5 Å². The van der Waals surface area contributed by atoms with Gasteiger partial charge in [-0.25, -0.2) is 4.39 Å². The molecule has 2 aromatic carbocycles. The zero-order valence-electron chi connectivity index (χ0n) is 14.5. The van der Waals surface area contributed by atoms with Crippen molar-refractivity contribution in [2.24, 2.45) is 0 Å². The molecule has 0 amide bonds. The first-order valence-corrected chi connectivity index (χ1v) is 8.72. The van der Waals surface area contributed by atoms with Gasteiger partial charge in [0, 0.05) is 11.6 Å². The Morgan fingerprint density at radius 1 is 1.23 bits per heavy atom. The van der Waals surface area contributed by atoms with Gasteiger partial charge >= 0.3 is 0 Å². The Balaban J connectivity index is 1.37. The first-order chi connectivity index (χ1) is 12.7. The highest BCUT2D eigenvalue weighted by Crippen LogP contribution is 2.24. The number of nitrogens with zero attached hydrogens (tertiary/aromatic N) is 2. The maximum absolute atomic E-state index is 13.4. The van der Waals surface area contributed by atoms with E-state index in [1.807, 2.05) is 18.2 Å². The first kappa shape index (κ1) is 16.7. The summed E-state index contributed by atoms with van der Waals surface area (Å²) in [5.41, 5.74) is 2.54. The molecule has 2 heterocycles. The number of aryl methyl sites for hydroxylation is 2. The van der Waals surface area contributed by atoms with Crippen LogP contribution in [0.15, 0.2) is 47.0 Å². The summed E-state index contributed by atoms with van der Waals surface area (Å²) in [5.74, 6) is 1.69. The molecular formula is C20H20FN3O2. The predicted molar refractivity (Wildman–Crippen MR) is 95.3 cm³/mol. The van der Waals surface area contributed by atoms with E-state index >= 15 is 0 Å². The highest BCUT2D eigenvalue weighted by molar-refractivity contribution is 5.55. The minimum atomic E-state index is -0.242. The van der Waals surface area contributed by atoms with Crippen molar-refractivity contribution in [1.29, 1.82) is 0 Å². The quantitative estimate of drug-likeness (QED) is 0.775. The fourth-order valence-electron chi connectivity index (χ4n) is 3.07. The molecule has 5 nitrogen and oxygen atoms in total. The lowest BCUT2D eigenvalue weighted by Crippen LogP contribution is -2.33.